The third kappa shape index (κ3) is 3.51. The van der Waals surface area contributed by atoms with Gasteiger partial charge in [0, 0.05) is 32.1 Å². The molecule has 1 atom stereocenters. The summed E-state index contributed by atoms with van der Waals surface area (Å²) in [5, 5.41) is 9.63. The first-order valence-corrected chi connectivity index (χ1v) is 8.99. The van der Waals surface area contributed by atoms with Crippen LogP contribution in [-0.4, -0.2) is 66.7 Å². The summed E-state index contributed by atoms with van der Waals surface area (Å²) < 4.78 is 25.0. The summed E-state index contributed by atoms with van der Waals surface area (Å²) in [5.41, 5.74) is 0. The van der Waals surface area contributed by atoms with Crippen molar-refractivity contribution in [2.45, 2.75) is 38.7 Å². The second-order valence-electron chi connectivity index (χ2n) is 5.65. The first kappa shape index (κ1) is 15.7. The summed E-state index contributed by atoms with van der Waals surface area (Å²) in [6.45, 7) is 3.64. The predicted molar refractivity (Wildman–Crippen MR) is 75.6 cm³/mol. The molecular formula is C13H24N2O4S. The lowest BCUT2D eigenvalue weighted by Gasteiger charge is -2.36. The third-order valence-corrected chi connectivity index (χ3v) is 6.15. The zero-order valence-electron chi connectivity index (χ0n) is 12.0. The Bertz CT molecular complexity index is 443. The van der Waals surface area contributed by atoms with Crippen LogP contribution >= 0.6 is 0 Å². The molecule has 0 bridgehead atoms. The minimum Gasteiger partial charge on any atom is -0.391 e. The van der Waals surface area contributed by atoms with Gasteiger partial charge in [0.25, 0.3) is 0 Å². The van der Waals surface area contributed by atoms with Crippen molar-refractivity contribution < 1.29 is 18.3 Å². The van der Waals surface area contributed by atoms with Gasteiger partial charge in [0.1, 0.15) is 0 Å². The molecule has 0 radical (unpaired) electrons. The highest BCUT2D eigenvalue weighted by Gasteiger charge is 2.33. The molecule has 0 spiro atoms. The van der Waals surface area contributed by atoms with Crippen LogP contribution < -0.4 is 0 Å². The van der Waals surface area contributed by atoms with Crippen molar-refractivity contribution in [3.05, 3.63) is 0 Å². The lowest BCUT2D eigenvalue weighted by atomic mass is 9.95. The first-order chi connectivity index (χ1) is 9.44. The van der Waals surface area contributed by atoms with Gasteiger partial charge in [0.05, 0.1) is 11.9 Å². The van der Waals surface area contributed by atoms with E-state index in [1.54, 1.807) is 11.8 Å². The lowest BCUT2D eigenvalue weighted by molar-refractivity contribution is -0.139. The number of hydrogen-bond acceptors (Lipinski definition) is 4. The number of aliphatic hydroxyl groups is 1. The normalized spacial score (nSPS) is 26.7. The molecule has 0 aromatic heterocycles. The molecule has 116 valence electrons. The van der Waals surface area contributed by atoms with Gasteiger partial charge in [-0.15, -0.1) is 0 Å². The van der Waals surface area contributed by atoms with E-state index in [9.17, 15) is 18.3 Å². The van der Waals surface area contributed by atoms with Gasteiger partial charge in [-0.25, -0.2) is 12.7 Å². The smallest absolute Gasteiger partial charge is 0.225 e. The summed E-state index contributed by atoms with van der Waals surface area (Å²) in [6.07, 6.45) is 2.37. The summed E-state index contributed by atoms with van der Waals surface area (Å²) in [6, 6.07) is 0. The molecule has 0 aliphatic carbocycles. The summed E-state index contributed by atoms with van der Waals surface area (Å²) >= 11 is 0. The third-order valence-electron chi connectivity index (χ3n) is 4.27. The highest BCUT2D eigenvalue weighted by atomic mass is 32.2. The molecular weight excluding hydrogens is 280 g/mol. The number of carbonyl (C=O) groups is 1. The van der Waals surface area contributed by atoms with Gasteiger partial charge in [-0.3, -0.25) is 4.79 Å². The van der Waals surface area contributed by atoms with Crippen molar-refractivity contribution in [1.82, 2.24) is 9.21 Å². The van der Waals surface area contributed by atoms with Crippen LogP contribution in [0.5, 0.6) is 0 Å². The van der Waals surface area contributed by atoms with E-state index in [1.165, 1.54) is 4.31 Å². The van der Waals surface area contributed by atoms with Crippen LogP contribution in [0.25, 0.3) is 0 Å². The average molecular weight is 304 g/mol. The number of piperidine rings is 2. The van der Waals surface area contributed by atoms with Crippen LogP contribution in [0.4, 0.5) is 0 Å². The number of likely N-dealkylation sites (tertiary alicyclic amines) is 1. The van der Waals surface area contributed by atoms with Crippen LogP contribution in [0.1, 0.15) is 32.6 Å². The molecule has 0 unspecified atom stereocenters. The average Bonchev–Trinajstić information content (AvgIpc) is 2.46. The van der Waals surface area contributed by atoms with Gasteiger partial charge in [0.15, 0.2) is 0 Å². The minimum atomic E-state index is -3.14. The number of nitrogens with zero attached hydrogens (tertiary/aromatic N) is 2. The topological polar surface area (TPSA) is 77.9 Å². The Balaban J connectivity index is 1.89. The maximum atomic E-state index is 12.4. The minimum absolute atomic E-state index is 0.0808. The molecule has 2 heterocycles. The van der Waals surface area contributed by atoms with Crippen LogP contribution in [0.15, 0.2) is 0 Å². The molecule has 2 rings (SSSR count). The van der Waals surface area contributed by atoms with Crippen LogP contribution in [-0.2, 0) is 14.8 Å². The van der Waals surface area contributed by atoms with E-state index in [-0.39, 0.29) is 17.6 Å². The second kappa shape index (κ2) is 6.41. The summed E-state index contributed by atoms with van der Waals surface area (Å²) in [7, 11) is -3.14. The van der Waals surface area contributed by atoms with Crippen molar-refractivity contribution in [3.63, 3.8) is 0 Å². The van der Waals surface area contributed by atoms with E-state index in [2.05, 4.69) is 0 Å². The number of β-amino-alcohol motifs (C(OH)–C–C–N with tert-alkyl or cyclic N) is 1. The molecule has 1 amide bonds. The molecule has 1 N–H and O–H groups in total. The van der Waals surface area contributed by atoms with E-state index in [0.29, 0.717) is 39.0 Å². The second-order valence-corrected chi connectivity index (χ2v) is 7.91. The lowest BCUT2D eigenvalue weighted by Crippen LogP contribution is -2.48. The van der Waals surface area contributed by atoms with E-state index in [0.717, 1.165) is 12.8 Å². The fraction of sp³-hybridized carbons (Fsp3) is 0.923. The zero-order valence-corrected chi connectivity index (χ0v) is 12.8. The van der Waals surface area contributed by atoms with Crippen LogP contribution in [0, 0.1) is 5.92 Å². The van der Waals surface area contributed by atoms with E-state index < -0.39 is 16.1 Å². The Kier molecular flexibility index (Phi) is 5.04. The van der Waals surface area contributed by atoms with Gasteiger partial charge < -0.3 is 10.0 Å². The van der Waals surface area contributed by atoms with Crippen LogP contribution in [0.2, 0.25) is 0 Å². The summed E-state index contributed by atoms with van der Waals surface area (Å²) in [5.74, 6) is 0.102. The molecule has 0 aromatic rings. The fourth-order valence-electron chi connectivity index (χ4n) is 2.98. The first-order valence-electron chi connectivity index (χ1n) is 7.38. The Hall–Kier alpha value is -0.660. The van der Waals surface area contributed by atoms with E-state index >= 15 is 0 Å². The Morgan fingerprint density at radius 3 is 2.40 bits per heavy atom. The molecule has 2 saturated heterocycles. The fourth-order valence-corrected chi connectivity index (χ4v) is 4.11. The van der Waals surface area contributed by atoms with E-state index in [1.807, 2.05) is 0 Å². The van der Waals surface area contributed by atoms with Crippen molar-refractivity contribution in [3.8, 4) is 0 Å². The van der Waals surface area contributed by atoms with Gasteiger partial charge in [-0.2, -0.15) is 0 Å². The molecule has 2 fully saturated rings. The number of sulfonamides is 1. The Morgan fingerprint density at radius 1 is 1.20 bits per heavy atom. The zero-order chi connectivity index (χ0) is 14.8. The molecule has 20 heavy (non-hydrogen) atoms. The standard InChI is InChI=1S/C13H24N2O4S/c1-2-20(18,19)15-8-5-11(6-9-15)13(17)14-7-3-4-12(16)10-14/h11-12,16H,2-10H2,1H3/t12-/m0/s1. The molecule has 2 aliphatic heterocycles. The number of aliphatic hydroxyl groups excluding tert-OH is 1. The van der Waals surface area contributed by atoms with Crippen molar-refractivity contribution in [1.29, 1.82) is 0 Å². The number of amides is 1. The van der Waals surface area contributed by atoms with Crippen molar-refractivity contribution >= 4 is 15.9 Å². The highest BCUT2D eigenvalue weighted by Crippen LogP contribution is 2.23. The molecule has 0 aromatic carbocycles. The van der Waals surface area contributed by atoms with Gasteiger partial charge >= 0.3 is 0 Å². The maximum absolute atomic E-state index is 12.4. The Morgan fingerprint density at radius 2 is 1.85 bits per heavy atom. The number of hydrogen-bond donors (Lipinski definition) is 1. The largest absolute Gasteiger partial charge is 0.391 e. The quantitative estimate of drug-likeness (QED) is 0.798. The van der Waals surface area contributed by atoms with E-state index in [4.69, 9.17) is 0 Å². The summed E-state index contributed by atoms with van der Waals surface area (Å²) in [4.78, 5) is 14.1. The molecule has 0 saturated carbocycles. The SMILES string of the molecule is CCS(=O)(=O)N1CCC(C(=O)N2CCC[C@H](O)C2)CC1. The molecule has 7 heteroatoms. The van der Waals surface area contributed by atoms with Crippen LogP contribution in [0.3, 0.4) is 0 Å². The predicted octanol–water partition coefficient (Wildman–Crippen LogP) is 0.0314. The van der Waals surface area contributed by atoms with Crippen molar-refractivity contribution in [2.24, 2.45) is 5.92 Å². The number of carbonyl (C=O) groups excluding carboxylic acids is 1. The van der Waals surface area contributed by atoms with Crippen molar-refractivity contribution in [2.75, 3.05) is 31.9 Å². The monoisotopic (exact) mass is 304 g/mol. The van der Waals surface area contributed by atoms with Gasteiger partial charge in [-0.05, 0) is 32.6 Å². The van der Waals surface area contributed by atoms with Gasteiger partial charge in [-0.1, -0.05) is 0 Å². The Labute approximate surface area is 120 Å². The number of rotatable bonds is 3. The molecule has 2 aliphatic rings. The highest BCUT2D eigenvalue weighted by molar-refractivity contribution is 7.89. The molecule has 6 nitrogen and oxygen atoms in total. The van der Waals surface area contributed by atoms with Gasteiger partial charge in [0.2, 0.25) is 15.9 Å². The maximum Gasteiger partial charge on any atom is 0.225 e.